The predicted octanol–water partition coefficient (Wildman–Crippen LogP) is 2.17. The number of carbonyl (C=O) groups excluding carboxylic acids is 2. The van der Waals surface area contributed by atoms with Crippen LogP contribution in [0.2, 0.25) is 5.02 Å². The molecule has 0 radical (unpaired) electrons. The third-order valence-electron chi connectivity index (χ3n) is 3.19. The molecule has 5 heteroatoms. The van der Waals surface area contributed by atoms with Crippen molar-refractivity contribution in [1.82, 2.24) is 0 Å². The quantitative estimate of drug-likeness (QED) is 0.772. The number of rotatable bonds is 2. The van der Waals surface area contributed by atoms with Gasteiger partial charge in [0.15, 0.2) is 0 Å². The Bertz CT molecular complexity index is 501. The molecular weight excluding hydrogens is 254 g/mol. The fourth-order valence-corrected chi connectivity index (χ4v) is 2.32. The molecule has 1 aliphatic rings. The molecule has 1 heterocycles. The van der Waals surface area contributed by atoms with E-state index in [1.54, 1.807) is 17.0 Å². The maximum atomic E-state index is 11.9. The van der Waals surface area contributed by atoms with Crippen LogP contribution in [0.3, 0.4) is 0 Å². The molecule has 1 aliphatic heterocycles. The lowest BCUT2D eigenvalue weighted by molar-refractivity contribution is -0.145. The lowest BCUT2D eigenvalue weighted by Crippen LogP contribution is -2.26. The molecular formula is C13H14ClNO3. The second-order valence-electron chi connectivity index (χ2n) is 4.31. The molecule has 2 rings (SSSR count). The Morgan fingerprint density at radius 1 is 1.50 bits per heavy atom. The highest BCUT2D eigenvalue weighted by Gasteiger charge is 2.36. The number of ether oxygens (including phenoxy) is 1. The van der Waals surface area contributed by atoms with E-state index in [-0.39, 0.29) is 24.2 Å². The first kappa shape index (κ1) is 12.9. The lowest BCUT2D eigenvalue weighted by atomic mass is 10.1. The molecule has 0 saturated carbocycles. The van der Waals surface area contributed by atoms with Crippen molar-refractivity contribution in [1.29, 1.82) is 0 Å². The lowest BCUT2D eigenvalue weighted by Gasteiger charge is -2.19. The largest absolute Gasteiger partial charge is 0.469 e. The molecule has 4 nitrogen and oxygen atoms in total. The number of esters is 1. The standard InChI is InChI=1S/C13H14ClNO3/c1-8-10(14)4-3-5-11(8)15-7-9(6-12(15)16)13(17)18-2/h3-5,9H,6-7H2,1-2H3. The van der Waals surface area contributed by atoms with Gasteiger partial charge in [-0.2, -0.15) is 0 Å². The van der Waals surface area contributed by atoms with Crippen LogP contribution >= 0.6 is 11.6 Å². The number of methoxy groups -OCH3 is 1. The van der Waals surface area contributed by atoms with Crippen LogP contribution in [-0.2, 0) is 14.3 Å². The fraction of sp³-hybridized carbons (Fsp3) is 0.385. The van der Waals surface area contributed by atoms with E-state index in [1.165, 1.54) is 7.11 Å². The molecule has 1 fully saturated rings. The van der Waals surface area contributed by atoms with E-state index >= 15 is 0 Å². The van der Waals surface area contributed by atoms with Crippen molar-refractivity contribution in [2.75, 3.05) is 18.6 Å². The van der Waals surface area contributed by atoms with E-state index in [4.69, 9.17) is 11.6 Å². The molecule has 0 aromatic heterocycles. The molecule has 1 unspecified atom stereocenters. The van der Waals surface area contributed by atoms with E-state index in [1.807, 2.05) is 13.0 Å². The summed E-state index contributed by atoms with van der Waals surface area (Å²) in [5, 5.41) is 0.613. The van der Waals surface area contributed by atoms with E-state index in [0.29, 0.717) is 11.6 Å². The van der Waals surface area contributed by atoms with Gasteiger partial charge in [0.1, 0.15) is 0 Å². The summed E-state index contributed by atoms with van der Waals surface area (Å²) < 4.78 is 4.68. The first-order valence-electron chi connectivity index (χ1n) is 5.68. The number of hydrogen-bond acceptors (Lipinski definition) is 3. The van der Waals surface area contributed by atoms with Crippen molar-refractivity contribution in [2.24, 2.45) is 5.92 Å². The van der Waals surface area contributed by atoms with Gasteiger partial charge in [-0.3, -0.25) is 9.59 Å². The molecule has 1 amide bonds. The summed E-state index contributed by atoms with van der Waals surface area (Å²) in [5.74, 6) is -0.804. The summed E-state index contributed by atoms with van der Waals surface area (Å²) in [6.07, 6.45) is 0.193. The summed E-state index contributed by atoms with van der Waals surface area (Å²) in [6.45, 7) is 2.21. The van der Waals surface area contributed by atoms with Gasteiger partial charge in [0.2, 0.25) is 5.91 Å². The van der Waals surface area contributed by atoms with Crippen LogP contribution in [0.25, 0.3) is 0 Å². The van der Waals surface area contributed by atoms with Crippen LogP contribution < -0.4 is 4.90 Å². The zero-order valence-electron chi connectivity index (χ0n) is 10.3. The van der Waals surface area contributed by atoms with E-state index in [2.05, 4.69) is 4.74 Å². The van der Waals surface area contributed by atoms with E-state index in [9.17, 15) is 9.59 Å². The number of halogens is 1. The predicted molar refractivity (Wildman–Crippen MR) is 68.7 cm³/mol. The highest BCUT2D eigenvalue weighted by atomic mass is 35.5. The van der Waals surface area contributed by atoms with Gasteiger partial charge in [-0.25, -0.2) is 0 Å². The Hall–Kier alpha value is -1.55. The van der Waals surface area contributed by atoms with Gasteiger partial charge in [0.05, 0.1) is 13.0 Å². The van der Waals surface area contributed by atoms with Crippen LogP contribution in [0, 0.1) is 12.8 Å². The van der Waals surface area contributed by atoms with Gasteiger partial charge in [-0.15, -0.1) is 0 Å². The Morgan fingerprint density at radius 3 is 2.89 bits per heavy atom. The number of amides is 1. The molecule has 1 saturated heterocycles. The third-order valence-corrected chi connectivity index (χ3v) is 3.60. The van der Waals surface area contributed by atoms with Gasteiger partial charge < -0.3 is 9.64 Å². The highest BCUT2D eigenvalue weighted by Crippen LogP contribution is 2.31. The van der Waals surface area contributed by atoms with Crippen LogP contribution in [0.15, 0.2) is 18.2 Å². The van der Waals surface area contributed by atoms with Gasteiger partial charge in [0, 0.05) is 23.7 Å². The number of nitrogens with zero attached hydrogens (tertiary/aromatic N) is 1. The Balaban J connectivity index is 2.27. The van der Waals surface area contributed by atoms with Gasteiger partial charge in [-0.1, -0.05) is 17.7 Å². The summed E-state index contributed by atoms with van der Waals surface area (Å²) in [4.78, 5) is 25.0. The van der Waals surface area contributed by atoms with Gasteiger partial charge in [0.25, 0.3) is 0 Å². The number of hydrogen-bond donors (Lipinski definition) is 0. The van der Waals surface area contributed by atoms with Crippen LogP contribution in [0.1, 0.15) is 12.0 Å². The van der Waals surface area contributed by atoms with Gasteiger partial charge >= 0.3 is 5.97 Å². The zero-order chi connectivity index (χ0) is 13.3. The molecule has 1 atom stereocenters. The number of carbonyl (C=O) groups is 2. The fourth-order valence-electron chi connectivity index (χ4n) is 2.15. The number of anilines is 1. The van der Waals surface area contributed by atoms with Crippen LogP contribution in [0.5, 0.6) is 0 Å². The molecule has 1 aromatic rings. The van der Waals surface area contributed by atoms with Crippen molar-refractivity contribution in [3.05, 3.63) is 28.8 Å². The summed E-state index contributed by atoms with van der Waals surface area (Å²) >= 11 is 6.04. The average Bonchev–Trinajstić information content (AvgIpc) is 2.74. The third kappa shape index (κ3) is 2.20. The van der Waals surface area contributed by atoms with Crippen molar-refractivity contribution >= 4 is 29.2 Å². The van der Waals surface area contributed by atoms with Crippen LogP contribution in [0.4, 0.5) is 5.69 Å². The maximum absolute atomic E-state index is 11.9. The minimum absolute atomic E-state index is 0.0734. The molecule has 0 N–H and O–H groups in total. The van der Waals surface area contributed by atoms with Crippen LogP contribution in [-0.4, -0.2) is 25.5 Å². The van der Waals surface area contributed by atoms with E-state index < -0.39 is 0 Å². The second-order valence-corrected chi connectivity index (χ2v) is 4.72. The maximum Gasteiger partial charge on any atom is 0.311 e. The smallest absolute Gasteiger partial charge is 0.311 e. The Labute approximate surface area is 110 Å². The minimum Gasteiger partial charge on any atom is -0.469 e. The highest BCUT2D eigenvalue weighted by molar-refractivity contribution is 6.31. The average molecular weight is 268 g/mol. The minimum atomic E-state index is -0.388. The normalized spacial score (nSPS) is 19.2. The van der Waals surface area contributed by atoms with Gasteiger partial charge in [-0.05, 0) is 24.6 Å². The van der Waals surface area contributed by atoms with Crippen molar-refractivity contribution in [2.45, 2.75) is 13.3 Å². The molecule has 96 valence electrons. The summed E-state index contributed by atoms with van der Waals surface area (Å²) in [6, 6.07) is 5.40. The van der Waals surface area contributed by atoms with E-state index in [0.717, 1.165) is 11.3 Å². The van der Waals surface area contributed by atoms with Crippen molar-refractivity contribution < 1.29 is 14.3 Å². The molecule has 1 aromatic carbocycles. The monoisotopic (exact) mass is 267 g/mol. The number of benzene rings is 1. The topological polar surface area (TPSA) is 46.6 Å². The Morgan fingerprint density at radius 2 is 2.22 bits per heavy atom. The van der Waals surface area contributed by atoms with Crippen molar-refractivity contribution in [3.63, 3.8) is 0 Å². The zero-order valence-corrected chi connectivity index (χ0v) is 11.0. The Kier molecular flexibility index (Phi) is 3.57. The second kappa shape index (κ2) is 4.98. The summed E-state index contributed by atoms with van der Waals surface area (Å²) in [5.41, 5.74) is 1.61. The molecule has 0 spiro atoms. The molecule has 0 bridgehead atoms. The summed E-state index contributed by atoms with van der Waals surface area (Å²) in [7, 11) is 1.33. The SMILES string of the molecule is COC(=O)C1CC(=O)N(c2cccc(Cl)c2C)C1. The molecule has 18 heavy (non-hydrogen) atoms. The first-order chi connectivity index (χ1) is 8.54. The first-order valence-corrected chi connectivity index (χ1v) is 6.05. The van der Waals surface area contributed by atoms with Crippen molar-refractivity contribution in [3.8, 4) is 0 Å². The molecule has 0 aliphatic carbocycles.